The van der Waals surface area contributed by atoms with Gasteiger partial charge in [-0.15, -0.1) is 30.2 Å². The van der Waals surface area contributed by atoms with Crippen LogP contribution < -0.4 is 19.5 Å². The highest BCUT2D eigenvalue weighted by atomic mass is 79.9. The fourth-order valence-corrected chi connectivity index (χ4v) is 5.89. The number of anilines is 1. The van der Waals surface area contributed by atoms with Crippen LogP contribution in [0.2, 0.25) is 0 Å². The summed E-state index contributed by atoms with van der Waals surface area (Å²) < 4.78 is 90.9. The number of carbonyl (C=O) groups excluding carboxylic acids is 2. The quantitative estimate of drug-likeness (QED) is 0.142. The number of aromatic nitrogens is 2. The van der Waals surface area contributed by atoms with Gasteiger partial charge in [0.05, 0.1) is 17.4 Å². The van der Waals surface area contributed by atoms with E-state index in [9.17, 15) is 35.9 Å². The van der Waals surface area contributed by atoms with E-state index >= 15 is 0 Å². The summed E-state index contributed by atoms with van der Waals surface area (Å²) in [6, 6.07) is 21.4. The lowest BCUT2D eigenvalue weighted by Gasteiger charge is -2.40. The highest BCUT2D eigenvalue weighted by Gasteiger charge is 2.32. The Labute approximate surface area is 316 Å². The SMILES string of the molecule is Br.C[C@H]1CN(C(=O)c2cc3ccc(Oc4ccc(NC(=O)c5ccc(OC(F)(F)F)cc5)cn4)cc3n2C)CCN1Cc1ccc(OCC(F)(F)F)cc1. The van der Waals surface area contributed by atoms with Gasteiger partial charge in [-0.1, -0.05) is 12.1 Å². The van der Waals surface area contributed by atoms with E-state index < -0.39 is 30.8 Å². The standard InChI is InChI=1S/C37H33F6N5O5.BrH/c1-23-20-48(16-15-47(23)21-24-3-9-28(10-4-24)51-22-36(38,39)40)35(50)32-17-26-7-13-30(18-31(26)46(32)2)52-33-14-8-27(19-44-33)45-34(49)25-5-11-29(12-6-25)53-37(41,42)43;/h3-14,17-19,23H,15-16,20-22H2,1-2H3,(H,45,49);1H/t23-;/m0./s1. The smallest absolute Gasteiger partial charge is 0.484 e. The van der Waals surface area contributed by atoms with E-state index in [1.807, 2.05) is 24.0 Å². The fourth-order valence-electron chi connectivity index (χ4n) is 5.89. The maximum absolute atomic E-state index is 13.7. The minimum absolute atomic E-state index is 0. The number of piperazine rings is 1. The number of hydrogen-bond acceptors (Lipinski definition) is 7. The second-order valence-electron chi connectivity index (χ2n) is 12.4. The normalized spacial score (nSPS) is 15.0. The van der Waals surface area contributed by atoms with Gasteiger partial charge < -0.3 is 29.0 Å². The predicted molar refractivity (Wildman–Crippen MR) is 192 cm³/mol. The number of amides is 2. The number of hydrogen-bond donors (Lipinski definition) is 1. The topological polar surface area (TPSA) is 98.2 Å². The van der Waals surface area contributed by atoms with E-state index in [-0.39, 0.29) is 46.1 Å². The number of ether oxygens (including phenoxy) is 3. The number of benzene rings is 3. The first kappa shape index (κ1) is 39.9. The molecule has 0 saturated carbocycles. The van der Waals surface area contributed by atoms with Gasteiger partial charge in [-0.2, -0.15) is 13.2 Å². The lowest BCUT2D eigenvalue weighted by Crippen LogP contribution is -2.53. The van der Waals surface area contributed by atoms with Crippen LogP contribution in [0, 0.1) is 0 Å². The van der Waals surface area contributed by atoms with Crippen molar-refractivity contribution >= 4 is 45.4 Å². The van der Waals surface area contributed by atoms with E-state index in [1.54, 1.807) is 48.0 Å². The van der Waals surface area contributed by atoms with Crippen molar-refractivity contribution in [1.29, 1.82) is 0 Å². The van der Waals surface area contributed by atoms with Crippen molar-refractivity contribution in [3.05, 3.63) is 108 Å². The summed E-state index contributed by atoms with van der Waals surface area (Å²) in [7, 11) is 1.80. The van der Waals surface area contributed by atoms with Crippen LogP contribution in [-0.4, -0.2) is 76.0 Å². The first-order valence-electron chi connectivity index (χ1n) is 16.3. The van der Waals surface area contributed by atoms with Gasteiger partial charge in [0.25, 0.3) is 11.8 Å². The Morgan fingerprint density at radius 1 is 0.870 bits per heavy atom. The summed E-state index contributed by atoms with van der Waals surface area (Å²) in [6.45, 7) is 2.86. The lowest BCUT2D eigenvalue weighted by atomic mass is 10.1. The Kier molecular flexibility index (Phi) is 12.1. The Morgan fingerprint density at radius 3 is 2.19 bits per heavy atom. The molecule has 1 aliphatic heterocycles. The minimum Gasteiger partial charge on any atom is -0.484 e. The van der Waals surface area contributed by atoms with Gasteiger partial charge in [-0.25, -0.2) is 4.98 Å². The molecule has 1 aliphatic rings. The number of pyridine rings is 1. The van der Waals surface area contributed by atoms with Gasteiger partial charge in [-0.05, 0) is 73.2 Å². The Balaban J connectivity index is 0.00000561. The number of rotatable bonds is 10. The summed E-state index contributed by atoms with van der Waals surface area (Å²) in [4.78, 5) is 34.5. The largest absolute Gasteiger partial charge is 0.573 e. The van der Waals surface area contributed by atoms with Crippen LogP contribution in [0.1, 0.15) is 33.3 Å². The molecule has 10 nitrogen and oxygen atoms in total. The fraction of sp³-hybridized carbons (Fsp3) is 0.270. The second kappa shape index (κ2) is 16.4. The molecular weight excluding hydrogens is 788 g/mol. The summed E-state index contributed by atoms with van der Waals surface area (Å²) in [5, 5.41) is 3.45. The number of nitrogens with zero attached hydrogens (tertiary/aromatic N) is 4. The zero-order valence-corrected chi connectivity index (χ0v) is 30.5. The molecule has 0 unspecified atom stereocenters. The average Bonchev–Trinajstić information content (AvgIpc) is 3.43. The van der Waals surface area contributed by atoms with Crippen LogP contribution >= 0.6 is 17.0 Å². The minimum atomic E-state index is -4.84. The van der Waals surface area contributed by atoms with Crippen LogP contribution in [-0.2, 0) is 13.6 Å². The third-order valence-electron chi connectivity index (χ3n) is 8.57. The van der Waals surface area contributed by atoms with Crippen molar-refractivity contribution in [3.63, 3.8) is 0 Å². The van der Waals surface area contributed by atoms with Gasteiger partial charge in [0, 0.05) is 62.4 Å². The lowest BCUT2D eigenvalue weighted by molar-refractivity contribution is -0.274. The van der Waals surface area contributed by atoms with Gasteiger partial charge >= 0.3 is 12.5 Å². The summed E-state index contributed by atoms with van der Waals surface area (Å²) in [5.74, 6) is -0.269. The zero-order valence-electron chi connectivity index (χ0n) is 28.8. The van der Waals surface area contributed by atoms with Crippen LogP contribution in [0.25, 0.3) is 10.9 Å². The van der Waals surface area contributed by atoms with Crippen molar-refractivity contribution in [3.8, 4) is 23.1 Å². The number of fused-ring (bicyclic) bond motifs is 1. The van der Waals surface area contributed by atoms with Gasteiger partial charge in [0.15, 0.2) is 6.61 Å². The predicted octanol–water partition coefficient (Wildman–Crippen LogP) is 8.38. The van der Waals surface area contributed by atoms with Crippen molar-refractivity contribution in [2.24, 2.45) is 7.05 Å². The first-order chi connectivity index (χ1) is 25.1. The Morgan fingerprint density at radius 2 is 1.56 bits per heavy atom. The van der Waals surface area contributed by atoms with E-state index in [0.717, 1.165) is 28.6 Å². The van der Waals surface area contributed by atoms with Gasteiger partial charge in [-0.3, -0.25) is 14.5 Å². The highest BCUT2D eigenvalue weighted by Crippen LogP contribution is 2.29. The number of halogens is 7. The molecule has 54 heavy (non-hydrogen) atoms. The molecule has 1 fully saturated rings. The van der Waals surface area contributed by atoms with Crippen molar-refractivity contribution in [1.82, 2.24) is 19.4 Å². The molecule has 0 aliphatic carbocycles. The van der Waals surface area contributed by atoms with Gasteiger partial charge in [0.2, 0.25) is 5.88 Å². The maximum Gasteiger partial charge on any atom is 0.573 e. The van der Waals surface area contributed by atoms with Crippen molar-refractivity contribution < 1.29 is 50.1 Å². The van der Waals surface area contributed by atoms with E-state index in [4.69, 9.17) is 9.47 Å². The maximum atomic E-state index is 13.7. The van der Waals surface area contributed by atoms with Crippen molar-refractivity contribution in [2.75, 3.05) is 31.6 Å². The van der Waals surface area contributed by atoms with E-state index in [0.29, 0.717) is 43.3 Å². The van der Waals surface area contributed by atoms with Crippen LogP contribution in [0.3, 0.4) is 0 Å². The molecule has 1 N–H and O–H groups in total. The van der Waals surface area contributed by atoms with Crippen LogP contribution in [0.15, 0.2) is 91.1 Å². The van der Waals surface area contributed by atoms with Crippen molar-refractivity contribution in [2.45, 2.75) is 32.0 Å². The molecule has 17 heteroatoms. The molecular formula is C37H34BrF6N5O5. The molecule has 0 bridgehead atoms. The Bertz CT molecular complexity index is 2070. The molecule has 0 spiro atoms. The first-order valence-corrected chi connectivity index (χ1v) is 16.3. The highest BCUT2D eigenvalue weighted by molar-refractivity contribution is 8.93. The summed E-state index contributed by atoms with van der Waals surface area (Å²) >= 11 is 0. The molecule has 2 aromatic heterocycles. The molecule has 0 radical (unpaired) electrons. The molecule has 3 aromatic carbocycles. The molecule has 1 saturated heterocycles. The number of nitrogens with one attached hydrogen (secondary N) is 1. The third-order valence-corrected chi connectivity index (χ3v) is 8.57. The molecule has 6 rings (SSSR count). The second-order valence-corrected chi connectivity index (χ2v) is 12.4. The summed E-state index contributed by atoms with van der Waals surface area (Å²) in [5.41, 5.74) is 2.64. The van der Waals surface area contributed by atoms with E-state index in [2.05, 4.69) is 19.9 Å². The van der Waals surface area contributed by atoms with Gasteiger partial charge in [0.1, 0.15) is 22.9 Å². The zero-order chi connectivity index (χ0) is 37.9. The summed E-state index contributed by atoms with van der Waals surface area (Å²) in [6.07, 6.45) is -7.86. The molecule has 286 valence electrons. The monoisotopic (exact) mass is 821 g/mol. The molecule has 2 amide bonds. The number of aryl methyl sites for hydroxylation is 1. The molecule has 5 aromatic rings. The van der Waals surface area contributed by atoms with Crippen LogP contribution in [0.4, 0.5) is 32.0 Å². The average molecular weight is 823 g/mol. The Hall–Kier alpha value is -5.29. The molecule has 1 atom stereocenters. The third kappa shape index (κ3) is 10.2. The molecule has 3 heterocycles. The van der Waals surface area contributed by atoms with Crippen LogP contribution in [0.5, 0.6) is 23.1 Å². The number of carbonyl (C=O) groups is 2. The van der Waals surface area contributed by atoms with E-state index in [1.165, 1.54) is 30.5 Å². The number of alkyl halides is 6.